The minimum atomic E-state index is -0.500. The molecule has 0 fully saturated rings. The fraction of sp³-hybridized carbons (Fsp3) is 0.0952. The summed E-state index contributed by atoms with van der Waals surface area (Å²) < 4.78 is 15.8. The zero-order valence-corrected chi connectivity index (χ0v) is 16.5. The van der Waals surface area contributed by atoms with Gasteiger partial charge in [0.05, 0.1) is 28.7 Å². The van der Waals surface area contributed by atoms with Gasteiger partial charge in [-0.25, -0.2) is 14.2 Å². The predicted octanol–water partition coefficient (Wildman–Crippen LogP) is 4.10. The summed E-state index contributed by atoms with van der Waals surface area (Å²) >= 11 is 12.1. The second-order valence-electron chi connectivity index (χ2n) is 6.51. The molecule has 2 heterocycles. The third kappa shape index (κ3) is 3.81. The Hall–Kier alpha value is -2.96. The van der Waals surface area contributed by atoms with Crippen molar-refractivity contribution in [3.63, 3.8) is 0 Å². The molecule has 0 atom stereocenters. The molecule has 0 bridgehead atoms. The van der Waals surface area contributed by atoms with Gasteiger partial charge in [-0.15, -0.1) is 0 Å². The highest BCUT2D eigenvalue weighted by Crippen LogP contribution is 2.23. The number of nitrogens with zero attached hydrogens (tertiary/aromatic N) is 3. The molecule has 4 aromatic rings. The maximum Gasteiger partial charge on any atom is 0.332 e. The van der Waals surface area contributed by atoms with E-state index in [-0.39, 0.29) is 18.6 Å². The van der Waals surface area contributed by atoms with Crippen LogP contribution in [-0.2, 0) is 13.1 Å². The van der Waals surface area contributed by atoms with Crippen molar-refractivity contribution in [3.8, 4) is 0 Å². The van der Waals surface area contributed by atoms with Crippen LogP contribution in [0.25, 0.3) is 11.0 Å². The largest absolute Gasteiger partial charge is 0.332 e. The Balaban J connectivity index is 1.88. The first-order chi connectivity index (χ1) is 13.9. The lowest BCUT2D eigenvalue weighted by molar-refractivity contribution is 0.619. The number of hydrogen-bond acceptors (Lipinski definition) is 3. The minimum absolute atomic E-state index is 0.00579. The highest BCUT2D eigenvalue weighted by molar-refractivity contribution is 6.42. The van der Waals surface area contributed by atoms with E-state index in [1.165, 1.54) is 35.0 Å². The number of fused-ring (bicyclic) bond motifs is 1. The number of aromatic nitrogens is 3. The van der Waals surface area contributed by atoms with Crippen LogP contribution in [0.5, 0.6) is 0 Å². The van der Waals surface area contributed by atoms with Crippen LogP contribution in [-0.4, -0.2) is 14.1 Å². The SMILES string of the molecule is O=c1c2ncccc2n(Cc2ccc(Cl)c(Cl)c2)c(=O)n1Cc1ccc(F)cc1. The van der Waals surface area contributed by atoms with E-state index < -0.39 is 17.1 Å². The maximum absolute atomic E-state index is 13.2. The summed E-state index contributed by atoms with van der Waals surface area (Å²) in [6.45, 7) is 0.188. The minimum Gasteiger partial charge on any atom is -0.287 e. The molecule has 0 N–H and O–H groups in total. The smallest absolute Gasteiger partial charge is 0.287 e. The molecule has 29 heavy (non-hydrogen) atoms. The molecule has 0 spiro atoms. The highest BCUT2D eigenvalue weighted by atomic mass is 35.5. The van der Waals surface area contributed by atoms with E-state index >= 15 is 0 Å². The van der Waals surface area contributed by atoms with Gasteiger partial charge in [-0.05, 0) is 47.5 Å². The standard InChI is InChI=1S/C21H14Cl2FN3O2/c22-16-8-5-14(10-17(16)23)12-26-18-2-1-9-25-19(18)20(28)27(21(26)29)11-13-3-6-15(24)7-4-13/h1-10H,11-12H2. The molecule has 0 aliphatic carbocycles. The van der Waals surface area contributed by atoms with Gasteiger partial charge in [0.1, 0.15) is 5.82 Å². The Bertz CT molecular complexity index is 1330. The van der Waals surface area contributed by atoms with E-state index in [2.05, 4.69) is 4.98 Å². The molecular formula is C21H14Cl2FN3O2. The normalized spacial score (nSPS) is 11.1. The third-order valence-corrected chi connectivity index (χ3v) is 5.30. The third-order valence-electron chi connectivity index (χ3n) is 4.57. The van der Waals surface area contributed by atoms with Crippen molar-refractivity contribution in [2.75, 3.05) is 0 Å². The number of benzene rings is 2. The van der Waals surface area contributed by atoms with Gasteiger partial charge < -0.3 is 0 Å². The Morgan fingerprint density at radius 3 is 2.28 bits per heavy atom. The first kappa shape index (κ1) is 19.4. The van der Waals surface area contributed by atoms with Crippen LogP contribution in [0.2, 0.25) is 10.0 Å². The van der Waals surface area contributed by atoms with Gasteiger partial charge in [0.2, 0.25) is 0 Å². The summed E-state index contributed by atoms with van der Waals surface area (Å²) in [4.78, 5) is 30.3. The molecule has 0 amide bonds. The van der Waals surface area contributed by atoms with Gasteiger partial charge in [-0.2, -0.15) is 0 Å². The van der Waals surface area contributed by atoms with E-state index in [0.717, 1.165) is 10.1 Å². The summed E-state index contributed by atoms with van der Waals surface area (Å²) in [5.41, 5.74) is 0.977. The molecule has 146 valence electrons. The summed E-state index contributed by atoms with van der Waals surface area (Å²) in [5.74, 6) is -0.390. The van der Waals surface area contributed by atoms with Gasteiger partial charge in [0, 0.05) is 6.20 Å². The summed E-state index contributed by atoms with van der Waals surface area (Å²) in [5, 5.41) is 0.787. The molecule has 0 saturated heterocycles. The molecule has 0 saturated carbocycles. The van der Waals surface area contributed by atoms with Crippen LogP contribution in [0, 0.1) is 5.82 Å². The zero-order valence-electron chi connectivity index (χ0n) is 15.0. The average molecular weight is 430 g/mol. The molecule has 0 aliphatic heterocycles. The van der Waals surface area contributed by atoms with Crippen molar-refractivity contribution in [2.45, 2.75) is 13.1 Å². The highest BCUT2D eigenvalue weighted by Gasteiger charge is 2.15. The van der Waals surface area contributed by atoms with Crippen molar-refractivity contribution >= 4 is 34.2 Å². The Morgan fingerprint density at radius 2 is 1.55 bits per heavy atom. The molecule has 8 heteroatoms. The lowest BCUT2D eigenvalue weighted by atomic mass is 10.2. The summed E-state index contributed by atoms with van der Waals surface area (Å²) in [6, 6.07) is 14.1. The first-order valence-electron chi connectivity index (χ1n) is 8.71. The van der Waals surface area contributed by atoms with Crippen molar-refractivity contribution in [3.05, 3.63) is 109 Å². The van der Waals surface area contributed by atoms with Crippen molar-refractivity contribution in [1.29, 1.82) is 0 Å². The lowest BCUT2D eigenvalue weighted by Crippen LogP contribution is -2.40. The van der Waals surface area contributed by atoms with Crippen LogP contribution < -0.4 is 11.2 Å². The van der Waals surface area contributed by atoms with Gasteiger partial charge in [0.25, 0.3) is 5.56 Å². The molecule has 2 aromatic heterocycles. The van der Waals surface area contributed by atoms with Crippen LogP contribution >= 0.6 is 23.2 Å². The van der Waals surface area contributed by atoms with Crippen molar-refractivity contribution in [2.24, 2.45) is 0 Å². The Morgan fingerprint density at radius 1 is 0.862 bits per heavy atom. The average Bonchev–Trinajstić information content (AvgIpc) is 2.72. The predicted molar refractivity (Wildman–Crippen MR) is 111 cm³/mol. The first-order valence-corrected chi connectivity index (χ1v) is 9.46. The quantitative estimate of drug-likeness (QED) is 0.490. The van der Waals surface area contributed by atoms with Gasteiger partial charge in [-0.1, -0.05) is 41.4 Å². The molecule has 0 radical (unpaired) electrons. The van der Waals surface area contributed by atoms with E-state index in [9.17, 15) is 14.0 Å². The number of pyridine rings is 1. The lowest BCUT2D eigenvalue weighted by Gasteiger charge is -2.14. The topological polar surface area (TPSA) is 56.9 Å². The molecule has 0 unspecified atom stereocenters. The number of hydrogen-bond donors (Lipinski definition) is 0. The molecule has 5 nitrogen and oxygen atoms in total. The van der Waals surface area contributed by atoms with E-state index in [4.69, 9.17) is 23.2 Å². The van der Waals surface area contributed by atoms with Crippen LogP contribution in [0.15, 0.2) is 70.4 Å². The number of halogens is 3. The molecule has 2 aromatic carbocycles. The fourth-order valence-electron chi connectivity index (χ4n) is 3.13. The van der Waals surface area contributed by atoms with Gasteiger partial charge >= 0.3 is 5.69 Å². The summed E-state index contributed by atoms with van der Waals surface area (Å²) in [6.07, 6.45) is 1.50. The summed E-state index contributed by atoms with van der Waals surface area (Å²) in [7, 11) is 0. The van der Waals surface area contributed by atoms with Crippen molar-refractivity contribution in [1.82, 2.24) is 14.1 Å². The Labute approximate surface area is 174 Å². The monoisotopic (exact) mass is 429 g/mol. The van der Waals surface area contributed by atoms with Gasteiger partial charge in [0.15, 0.2) is 5.52 Å². The van der Waals surface area contributed by atoms with Crippen LogP contribution in [0.3, 0.4) is 0 Å². The van der Waals surface area contributed by atoms with Crippen molar-refractivity contribution < 1.29 is 4.39 Å². The fourth-order valence-corrected chi connectivity index (χ4v) is 3.45. The zero-order chi connectivity index (χ0) is 20.5. The van der Waals surface area contributed by atoms with E-state index in [1.807, 2.05) is 0 Å². The van der Waals surface area contributed by atoms with E-state index in [1.54, 1.807) is 30.3 Å². The van der Waals surface area contributed by atoms with Crippen LogP contribution in [0.1, 0.15) is 11.1 Å². The van der Waals surface area contributed by atoms with Crippen LogP contribution in [0.4, 0.5) is 4.39 Å². The van der Waals surface area contributed by atoms with Gasteiger partial charge in [-0.3, -0.25) is 13.9 Å². The maximum atomic E-state index is 13.2. The molecule has 0 aliphatic rings. The Kier molecular flexibility index (Phi) is 5.22. The molecular weight excluding hydrogens is 416 g/mol. The number of rotatable bonds is 4. The second kappa shape index (κ2) is 7.81. The molecule has 4 rings (SSSR count). The van der Waals surface area contributed by atoms with E-state index in [0.29, 0.717) is 21.1 Å². The second-order valence-corrected chi connectivity index (χ2v) is 7.32.